The van der Waals surface area contributed by atoms with Crippen molar-refractivity contribution >= 4 is 22.5 Å². The fraction of sp³-hybridized carbons (Fsp3) is 1.00. The normalized spacial score (nSPS) is 22.0. The van der Waals surface area contributed by atoms with E-state index in [0.717, 1.165) is 4.62 Å². The van der Waals surface area contributed by atoms with Gasteiger partial charge >= 0.3 is 57.3 Å². The second-order valence-electron chi connectivity index (χ2n) is 1.86. The topological polar surface area (TPSA) is 9.23 Å². The molecule has 1 aliphatic rings. The maximum atomic E-state index is 5.32. The summed E-state index contributed by atoms with van der Waals surface area (Å²) >= 11 is 1.50. The van der Waals surface area contributed by atoms with Crippen molar-refractivity contribution in [3.63, 3.8) is 0 Å². The van der Waals surface area contributed by atoms with E-state index in [1.54, 1.807) is 0 Å². The Bertz CT molecular complexity index is 52.0. The van der Waals surface area contributed by atoms with Crippen LogP contribution in [0.1, 0.15) is 19.3 Å². The van der Waals surface area contributed by atoms with Gasteiger partial charge in [0, 0.05) is 0 Å². The molecular formula is C5H9OSn+3. The van der Waals surface area contributed by atoms with Gasteiger partial charge in [-0.15, -0.1) is 0 Å². The molecule has 0 radical (unpaired) electrons. The molecule has 2 heteroatoms. The summed E-state index contributed by atoms with van der Waals surface area (Å²) in [5, 5.41) is 0. The summed E-state index contributed by atoms with van der Waals surface area (Å²) in [6.45, 7) is 0. The van der Waals surface area contributed by atoms with Crippen LogP contribution in [0.5, 0.6) is 0 Å². The fourth-order valence-electron chi connectivity index (χ4n) is 0.655. The van der Waals surface area contributed by atoms with E-state index in [1.165, 1.54) is 41.8 Å². The Hall–Kier alpha value is 0.759. The van der Waals surface area contributed by atoms with Gasteiger partial charge in [-0.25, -0.2) is 0 Å². The van der Waals surface area contributed by atoms with Crippen LogP contribution in [-0.4, -0.2) is 33.3 Å². The van der Waals surface area contributed by atoms with E-state index >= 15 is 0 Å². The van der Waals surface area contributed by atoms with E-state index < -0.39 is 0 Å². The third-order valence-corrected chi connectivity index (χ3v) is 1.85. The summed E-state index contributed by atoms with van der Waals surface area (Å²) in [7, 11) is 0. The van der Waals surface area contributed by atoms with Crippen LogP contribution >= 0.6 is 0 Å². The monoisotopic (exact) mass is 205 g/mol. The quantitative estimate of drug-likeness (QED) is 0.601. The van der Waals surface area contributed by atoms with Gasteiger partial charge < -0.3 is 0 Å². The van der Waals surface area contributed by atoms with Crippen molar-refractivity contribution in [1.82, 2.24) is 0 Å². The number of ether oxygens (including phenoxy) is 1. The van der Waals surface area contributed by atoms with Gasteiger partial charge in [-0.1, -0.05) is 0 Å². The Morgan fingerprint density at radius 3 is 2.43 bits per heavy atom. The minimum atomic E-state index is 0.652. The Balaban J connectivity index is 1.93. The summed E-state index contributed by atoms with van der Waals surface area (Å²) < 4.78 is 6.30. The van der Waals surface area contributed by atoms with E-state index in [2.05, 4.69) is 0 Å². The molecule has 1 aliphatic carbocycles. The molecule has 36 valence electrons. The molecule has 0 amide bonds. The van der Waals surface area contributed by atoms with Crippen molar-refractivity contribution < 1.29 is 4.74 Å². The average molecular weight is 204 g/mol. The van der Waals surface area contributed by atoms with Crippen LogP contribution < -0.4 is 0 Å². The SMILES string of the molecule is [Sn+3][CH2]OC1CCC1. The third-order valence-electron chi connectivity index (χ3n) is 1.37. The van der Waals surface area contributed by atoms with Crippen LogP contribution in [0.4, 0.5) is 0 Å². The Morgan fingerprint density at radius 2 is 2.29 bits per heavy atom. The molecule has 1 nitrogen and oxygen atoms in total. The first-order chi connectivity index (χ1) is 3.43. The van der Waals surface area contributed by atoms with Gasteiger partial charge in [-0.2, -0.15) is 0 Å². The standard InChI is InChI=1S/C5H9O.Sn/c1-6-5-3-2-4-5;/h5H,1-4H2;/q;+3. The van der Waals surface area contributed by atoms with Gasteiger partial charge in [0.1, 0.15) is 0 Å². The second kappa shape index (κ2) is 2.92. The van der Waals surface area contributed by atoms with Crippen LogP contribution in [0.25, 0.3) is 0 Å². The summed E-state index contributed by atoms with van der Waals surface area (Å²) in [4.78, 5) is 0. The summed E-state index contributed by atoms with van der Waals surface area (Å²) in [6, 6.07) is 0. The van der Waals surface area contributed by atoms with Crippen molar-refractivity contribution in [3.8, 4) is 0 Å². The molecule has 1 rings (SSSR count). The third kappa shape index (κ3) is 1.61. The second-order valence-corrected chi connectivity index (χ2v) is 2.69. The van der Waals surface area contributed by atoms with Crippen molar-refractivity contribution in [2.24, 2.45) is 0 Å². The van der Waals surface area contributed by atoms with Crippen LogP contribution in [0.3, 0.4) is 0 Å². The first-order valence-electron chi connectivity index (χ1n) is 2.69. The zero-order valence-corrected chi connectivity index (χ0v) is 7.17. The van der Waals surface area contributed by atoms with Gasteiger partial charge in [-0.05, 0) is 0 Å². The van der Waals surface area contributed by atoms with E-state index in [0.29, 0.717) is 6.10 Å². The van der Waals surface area contributed by atoms with Crippen LogP contribution in [0.15, 0.2) is 0 Å². The first-order valence-corrected chi connectivity index (χ1v) is 4.71. The molecule has 7 heavy (non-hydrogen) atoms. The van der Waals surface area contributed by atoms with Crippen LogP contribution in [-0.2, 0) is 4.74 Å². The van der Waals surface area contributed by atoms with E-state index in [1.807, 2.05) is 0 Å². The Morgan fingerprint density at radius 1 is 1.57 bits per heavy atom. The molecule has 0 aromatic heterocycles. The van der Waals surface area contributed by atoms with Crippen LogP contribution in [0, 0.1) is 0 Å². The molecule has 0 spiro atoms. The number of hydrogen-bond donors (Lipinski definition) is 0. The van der Waals surface area contributed by atoms with Gasteiger partial charge in [0.2, 0.25) is 0 Å². The van der Waals surface area contributed by atoms with Crippen molar-refractivity contribution in [2.75, 3.05) is 4.62 Å². The van der Waals surface area contributed by atoms with Crippen molar-refractivity contribution in [3.05, 3.63) is 0 Å². The molecule has 0 saturated heterocycles. The average Bonchev–Trinajstić information content (AvgIpc) is 1.55. The van der Waals surface area contributed by atoms with E-state index in [9.17, 15) is 0 Å². The van der Waals surface area contributed by atoms with Gasteiger partial charge in [0.25, 0.3) is 0 Å². The number of hydrogen-bond acceptors (Lipinski definition) is 1. The van der Waals surface area contributed by atoms with Crippen molar-refractivity contribution in [1.29, 1.82) is 0 Å². The molecule has 0 N–H and O–H groups in total. The van der Waals surface area contributed by atoms with Gasteiger partial charge in [0.05, 0.1) is 0 Å². The van der Waals surface area contributed by atoms with Crippen LogP contribution in [0.2, 0.25) is 0 Å². The molecule has 1 fully saturated rings. The fourth-order valence-corrected chi connectivity index (χ4v) is 1.33. The molecule has 0 aromatic carbocycles. The first kappa shape index (κ1) is 5.89. The molecule has 0 aliphatic heterocycles. The zero-order chi connectivity index (χ0) is 5.11. The summed E-state index contributed by atoms with van der Waals surface area (Å²) in [6.07, 6.45) is 4.67. The van der Waals surface area contributed by atoms with Gasteiger partial charge in [-0.3, -0.25) is 0 Å². The summed E-state index contributed by atoms with van der Waals surface area (Å²) in [5.41, 5.74) is 0. The summed E-state index contributed by atoms with van der Waals surface area (Å²) in [5.74, 6) is 0. The Kier molecular flexibility index (Phi) is 2.46. The zero-order valence-electron chi connectivity index (χ0n) is 4.31. The molecular weight excluding hydrogens is 195 g/mol. The predicted molar refractivity (Wildman–Crippen MR) is 29.3 cm³/mol. The Labute approximate surface area is 57.5 Å². The van der Waals surface area contributed by atoms with Gasteiger partial charge in [0.15, 0.2) is 0 Å². The minimum absolute atomic E-state index is 0.652. The molecule has 0 bridgehead atoms. The number of rotatable bonds is 2. The van der Waals surface area contributed by atoms with Crippen molar-refractivity contribution in [2.45, 2.75) is 25.4 Å². The molecule has 0 atom stereocenters. The molecule has 0 aromatic rings. The molecule has 1 saturated carbocycles. The predicted octanol–water partition coefficient (Wildman–Crippen LogP) is 0.681. The van der Waals surface area contributed by atoms with E-state index in [4.69, 9.17) is 4.74 Å². The van der Waals surface area contributed by atoms with E-state index in [-0.39, 0.29) is 0 Å². The molecule has 0 heterocycles. The maximum absolute atomic E-state index is 5.32. The molecule has 0 unspecified atom stereocenters.